The molecule has 1 aliphatic heterocycles. The Kier molecular flexibility index (Phi) is 5.07. The van der Waals surface area contributed by atoms with Crippen molar-refractivity contribution in [3.05, 3.63) is 58.2 Å². The van der Waals surface area contributed by atoms with Gasteiger partial charge in [-0.1, -0.05) is 23.2 Å². The molecule has 1 aromatic carbocycles. The summed E-state index contributed by atoms with van der Waals surface area (Å²) in [5.41, 5.74) is 8.64. The Hall–Kier alpha value is -2.35. The van der Waals surface area contributed by atoms with Gasteiger partial charge in [-0.3, -0.25) is 4.68 Å². The summed E-state index contributed by atoms with van der Waals surface area (Å²) in [7, 11) is 0. The van der Waals surface area contributed by atoms with Crippen LogP contribution in [-0.4, -0.2) is 27.9 Å². The lowest BCUT2D eigenvalue weighted by Gasteiger charge is -2.54. The Morgan fingerprint density at radius 3 is 2.74 bits per heavy atom. The van der Waals surface area contributed by atoms with Gasteiger partial charge in [0, 0.05) is 47.2 Å². The van der Waals surface area contributed by atoms with E-state index in [1.54, 1.807) is 19.2 Å². The lowest BCUT2D eigenvalue weighted by Crippen LogP contribution is -2.60. The van der Waals surface area contributed by atoms with Gasteiger partial charge < -0.3 is 15.8 Å². The number of benzene rings is 1. The smallest absolute Gasteiger partial charge is 0.166 e. The zero-order valence-corrected chi connectivity index (χ0v) is 18.4. The van der Waals surface area contributed by atoms with E-state index in [9.17, 15) is 4.39 Å². The summed E-state index contributed by atoms with van der Waals surface area (Å²) < 4.78 is 21.9. The topological polar surface area (TPSA) is 78.0 Å². The molecule has 1 aliphatic carbocycles. The van der Waals surface area contributed by atoms with Crippen LogP contribution in [0.2, 0.25) is 10.0 Å². The molecule has 1 saturated carbocycles. The molecule has 1 saturated heterocycles. The van der Waals surface area contributed by atoms with Crippen LogP contribution in [0.4, 0.5) is 10.2 Å². The van der Waals surface area contributed by atoms with Gasteiger partial charge in [0.2, 0.25) is 0 Å². The van der Waals surface area contributed by atoms with Gasteiger partial charge in [0.1, 0.15) is 11.9 Å². The van der Waals surface area contributed by atoms with Gasteiger partial charge in [0.05, 0.1) is 17.3 Å². The van der Waals surface area contributed by atoms with Crippen LogP contribution in [0.3, 0.4) is 0 Å². The summed E-state index contributed by atoms with van der Waals surface area (Å²) in [5, 5.41) is 8.16. The highest BCUT2D eigenvalue weighted by Crippen LogP contribution is 2.50. The average Bonchev–Trinajstić information content (AvgIpc) is 3.14. The van der Waals surface area contributed by atoms with Crippen molar-refractivity contribution in [2.45, 2.75) is 31.9 Å². The summed E-state index contributed by atoms with van der Waals surface area (Å²) in [5.74, 6) is 0.0431. The van der Waals surface area contributed by atoms with Crippen molar-refractivity contribution in [2.24, 2.45) is 5.41 Å². The van der Waals surface area contributed by atoms with E-state index in [0.717, 1.165) is 37.1 Å². The van der Waals surface area contributed by atoms with E-state index in [4.69, 9.17) is 33.7 Å². The number of hydrogen-bond donors (Lipinski definition) is 2. The number of nitrogen functional groups attached to an aromatic ring is 1. The van der Waals surface area contributed by atoms with E-state index in [0.29, 0.717) is 27.8 Å². The SMILES string of the molecule is C[C@H](Oc1cc(-c2cnn(C3CC4(CNC4)C3)c2)cnc1N)c1c(Cl)ccc(F)c1Cl. The largest absolute Gasteiger partial charge is 0.482 e. The molecule has 2 aliphatic rings. The van der Waals surface area contributed by atoms with Crippen molar-refractivity contribution in [3.8, 4) is 16.9 Å². The Bertz CT molecular complexity index is 1140. The fourth-order valence-corrected chi connectivity index (χ4v) is 5.13. The van der Waals surface area contributed by atoms with Crippen LogP contribution >= 0.6 is 23.2 Å². The lowest BCUT2D eigenvalue weighted by molar-refractivity contribution is 0.00238. The third-order valence-electron chi connectivity index (χ3n) is 6.32. The molecule has 162 valence electrons. The fraction of sp³-hybridized carbons (Fsp3) is 0.364. The predicted octanol–water partition coefficient (Wildman–Crippen LogP) is 5.04. The van der Waals surface area contributed by atoms with Crippen molar-refractivity contribution < 1.29 is 9.13 Å². The van der Waals surface area contributed by atoms with Gasteiger partial charge in [-0.15, -0.1) is 0 Å². The number of hydrogen-bond acceptors (Lipinski definition) is 5. The zero-order chi connectivity index (χ0) is 21.8. The molecule has 31 heavy (non-hydrogen) atoms. The van der Waals surface area contributed by atoms with E-state index in [2.05, 4.69) is 15.4 Å². The van der Waals surface area contributed by atoms with E-state index in [-0.39, 0.29) is 10.8 Å². The molecule has 0 radical (unpaired) electrons. The average molecular weight is 462 g/mol. The van der Waals surface area contributed by atoms with Gasteiger partial charge >= 0.3 is 0 Å². The number of nitrogens with two attached hydrogens (primary N) is 1. The minimum Gasteiger partial charge on any atom is -0.482 e. The molecule has 2 fully saturated rings. The highest BCUT2D eigenvalue weighted by Gasteiger charge is 2.49. The molecular weight excluding hydrogens is 440 g/mol. The molecule has 3 heterocycles. The van der Waals surface area contributed by atoms with Crippen LogP contribution in [-0.2, 0) is 0 Å². The monoisotopic (exact) mass is 461 g/mol. The summed E-state index contributed by atoms with van der Waals surface area (Å²) >= 11 is 12.3. The second-order valence-corrected chi connectivity index (χ2v) is 9.28. The standard InChI is InChI=1S/C22H22Cl2FN5O/c1-12(19-16(23)2-3-17(25)20(19)24)31-18-4-13(7-28-21(18)26)14-8-29-30(9-14)15-5-22(6-15)10-27-11-22/h2-4,7-9,12,15,27H,5-6,10-11H2,1H3,(H2,26,28)/t12-/m0/s1. The maximum Gasteiger partial charge on any atom is 0.166 e. The van der Waals surface area contributed by atoms with Crippen LogP contribution in [0.25, 0.3) is 11.1 Å². The first kappa shape index (κ1) is 20.5. The van der Waals surface area contributed by atoms with Crippen LogP contribution in [0.5, 0.6) is 5.75 Å². The first-order valence-electron chi connectivity index (χ1n) is 10.2. The maximum atomic E-state index is 13.9. The van der Waals surface area contributed by atoms with Crippen molar-refractivity contribution in [2.75, 3.05) is 18.8 Å². The van der Waals surface area contributed by atoms with Gasteiger partial charge in [-0.2, -0.15) is 5.10 Å². The first-order chi connectivity index (χ1) is 14.8. The minimum absolute atomic E-state index is 0.0658. The molecular formula is C22H22Cl2FN5O. The minimum atomic E-state index is -0.625. The molecule has 2 aromatic heterocycles. The van der Waals surface area contributed by atoms with Crippen LogP contribution in [0.1, 0.15) is 37.5 Å². The Morgan fingerprint density at radius 2 is 2.03 bits per heavy atom. The van der Waals surface area contributed by atoms with Crippen molar-refractivity contribution >= 4 is 29.0 Å². The molecule has 3 N–H and O–H groups in total. The van der Waals surface area contributed by atoms with Crippen molar-refractivity contribution in [1.82, 2.24) is 20.1 Å². The third kappa shape index (κ3) is 3.64. The van der Waals surface area contributed by atoms with Crippen LogP contribution in [0.15, 0.2) is 36.8 Å². The maximum absolute atomic E-state index is 13.9. The summed E-state index contributed by atoms with van der Waals surface area (Å²) in [6, 6.07) is 4.92. The molecule has 3 aromatic rings. The van der Waals surface area contributed by atoms with E-state index >= 15 is 0 Å². The Labute approximate surface area is 189 Å². The Balaban J connectivity index is 1.36. The molecule has 0 unspecified atom stereocenters. The molecule has 6 nitrogen and oxygen atoms in total. The number of pyridine rings is 1. The quantitative estimate of drug-likeness (QED) is 0.520. The fourth-order valence-electron chi connectivity index (χ4n) is 4.45. The lowest BCUT2D eigenvalue weighted by atomic mass is 9.62. The van der Waals surface area contributed by atoms with Crippen LogP contribution in [0, 0.1) is 11.2 Å². The number of nitrogens with one attached hydrogen (secondary N) is 1. The highest BCUT2D eigenvalue weighted by atomic mass is 35.5. The normalized spacial score (nSPS) is 18.5. The van der Waals surface area contributed by atoms with Gasteiger partial charge in [-0.25, -0.2) is 9.37 Å². The van der Waals surface area contributed by atoms with Crippen molar-refractivity contribution in [1.29, 1.82) is 0 Å². The molecule has 0 bridgehead atoms. The number of halogens is 3. The summed E-state index contributed by atoms with van der Waals surface area (Å²) in [6.07, 6.45) is 7.23. The van der Waals surface area contributed by atoms with E-state index in [1.165, 1.54) is 12.1 Å². The number of anilines is 1. The van der Waals surface area contributed by atoms with Crippen molar-refractivity contribution in [3.63, 3.8) is 0 Å². The van der Waals surface area contributed by atoms with Crippen LogP contribution < -0.4 is 15.8 Å². The third-order valence-corrected chi connectivity index (χ3v) is 7.03. The number of rotatable bonds is 5. The number of ether oxygens (including phenoxy) is 1. The second-order valence-electron chi connectivity index (χ2n) is 8.50. The predicted molar refractivity (Wildman–Crippen MR) is 119 cm³/mol. The molecule has 9 heteroatoms. The molecule has 1 spiro atoms. The number of nitrogens with zero attached hydrogens (tertiary/aromatic N) is 3. The molecule has 5 rings (SSSR count). The van der Waals surface area contributed by atoms with E-state index < -0.39 is 11.9 Å². The summed E-state index contributed by atoms with van der Waals surface area (Å²) in [6.45, 7) is 3.95. The zero-order valence-electron chi connectivity index (χ0n) is 16.9. The first-order valence-corrected chi connectivity index (χ1v) is 10.9. The van der Waals surface area contributed by atoms with E-state index in [1.807, 2.05) is 17.1 Å². The highest BCUT2D eigenvalue weighted by molar-refractivity contribution is 6.36. The molecule has 0 amide bonds. The van der Waals surface area contributed by atoms with Gasteiger partial charge in [-0.05, 0) is 43.4 Å². The summed E-state index contributed by atoms with van der Waals surface area (Å²) in [4.78, 5) is 4.27. The molecule has 1 atom stereocenters. The second kappa shape index (κ2) is 7.65. The van der Waals surface area contributed by atoms with Gasteiger partial charge in [0.15, 0.2) is 11.6 Å². The Morgan fingerprint density at radius 1 is 1.26 bits per heavy atom. The number of aromatic nitrogens is 3. The van der Waals surface area contributed by atoms with Gasteiger partial charge in [0.25, 0.3) is 0 Å².